The second-order valence-electron chi connectivity index (χ2n) is 5.42. The van der Waals surface area contributed by atoms with Crippen LogP contribution < -0.4 is 5.56 Å². The molecule has 1 saturated heterocycles. The van der Waals surface area contributed by atoms with E-state index >= 15 is 0 Å². The molecule has 1 atom stereocenters. The van der Waals surface area contributed by atoms with E-state index in [0.717, 1.165) is 43.6 Å². The molecule has 3 heterocycles. The van der Waals surface area contributed by atoms with Gasteiger partial charge < -0.3 is 9.80 Å². The van der Waals surface area contributed by atoms with Gasteiger partial charge in [-0.3, -0.25) is 14.2 Å². The van der Waals surface area contributed by atoms with Crippen LogP contribution in [0.4, 0.5) is 0 Å². The van der Waals surface area contributed by atoms with Gasteiger partial charge in [-0.1, -0.05) is 18.7 Å². The normalized spacial score (nSPS) is 22.3. The van der Waals surface area contributed by atoms with Crippen molar-refractivity contribution in [1.82, 2.24) is 19.4 Å². The maximum absolute atomic E-state index is 12.4. The molecule has 2 aliphatic rings. The summed E-state index contributed by atoms with van der Waals surface area (Å²) in [6.07, 6.45) is 1.94. The van der Waals surface area contributed by atoms with Gasteiger partial charge in [0.1, 0.15) is 0 Å². The average Bonchev–Trinajstić information content (AvgIpc) is 2.92. The zero-order valence-electron chi connectivity index (χ0n) is 12.2. The van der Waals surface area contributed by atoms with Gasteiger partial charge in [-0.05, 0) is 6.54 Å². The highest BCUT2D eigenvalue weighted by Gasteiger charge is 2.29. The van der Waals surface area contributed by atoms with Gasteiger partial charge >= 0.3 is 0 Å². The summed E-state index contributed by atoms with van der Waals surface area (Å²) in [7, 11) is 0. The maximum atomic E-state index is 12.4. The Labute approximate surface area is 128 Å². The predicted octanol–water partition coefficient (Wildman–Crippen LogP) is 0.444. The largest absolute Gasteiger partial charge is 0.340 e. The van der Waals surface area contributed by atoms with Crippen LogP contribution in [-0.2, 0) is 4.79 Å². The van der Waals surface area contributed by atoms with Crippen molar-refractivity contribution in [3.63, 3.8) is 0 Å². The molecule has 1 fully saturated rings. The van der Waals surface area contributed by atoms with Crippen LogP contribution in [0.25, 0.3) is 0 Å². The van der Waals surface area contributed by atoms with Gasteiger partial charge in [0, 0.05) is 50.6 Å². The standard InChI is InChI=1S/C14H20N4O2S/c1-2-16-5-7-17(8-6-16)13(20)9-11-10-21-14-15-4-3-12(19)18(11)14/h3-4,11H,2,5-10H2,1H3. The number of thioether (sulfide) groups is 1. The molecular formula is C14H20N4O2S. The number of aromatic nitrogens is 2. The van der Waals surface area contributed by atoms with E-state index < -0.39 is 0 Å². The number of amides is 1. The van der Waals surface area contributed by atoms with E-state index in [2.05, 4.69) is 16.8 Å². The fourth-order valence-corrected chi connectivity index (χ4v) is 4.01. The molecule has 0 bridgehead atoms. The highest BCUT2D eigenvalue weighted by molar-refractivity contribution is 7.99. The number of carbonyl (C=O) groups excluding carboxylic acids is 1. The molecule has 1 aromatic rings. The first-order chi connectivity index (χ1) is 10.2. The van der Waals surface area contributed by atoms with Crippen molar-refractivity contribution in [1.29, 1.82) is 0 Å². The third-order valence-corrected chi connectivity index (χ3v) is 5.31. The summed E-state index contributed by atoms with van der Waals surface area (Å²) in [5.41, 5.74) is -0.0568. The minimum Gasteiger partial charge on any atom is -0.340 e. The van der Waals surface area contributed by atoms with Crippen LogP contribution in [0.15, 0.2) is 22.2 Å². The number of rotatable bonds is 3. The molecule has 1 aromatic heterocycles. The number of likely N-dealkylation sites (N-methyl/N-ethyl adjacent to an activating group) is 1. The topological polar surface area (TPSA) is 58.4 Å². The molecule has 2 aliphatic heterocycles. The first-order valence-corrected chi connectivity index (χ1v) is 8.38. The molecular weight excluding hydrogens is 288 g/mol. The molecule has 0 N–H and O–H groups in total. The molecule has 1 amide bonds. The molecule has 1 unspecified atom stereocenters. The second-order valence-corrected chi connectivity index (χ2v) is 6.41. The molecule has 21 heavy (non-hydrogen) atoms. The minimum atomic E-state index is -0.0568. The Morgan fingerprint density at radius 3 is 2.86 bits per heavy atom. The molecule has 0 spiro atoms. The fourth-order valence-electron chi connectivity index (χ4n) is 2.88. The third kappa shape index (κ3) is 2.98. The summed E-state index contributed by atoms with van der Waals surface area (Å²) in [4.78, 5) is 32.9. The minimum absolute atomic E-state index is 0.0529. The summed E-state index contributed by atoms with van der Waals surface area (Å²) in [6.45, 7) is 6.65. The van der Waals surface area contributed by atoms with E-state index in [9.17, 15) is 9.59 Å². The number of carbonyl (C=O) groups is 1. The lowest BCUT2D eigenvalue weighted by Gasteiger charge is -2.34. The van der Waals surface area contributed by atoms with Crippen molar-refractivity contribution in [3.05, 3.63) is 22.6 Å². The van der Waals surface area contributed by atoms with Gasteiger partial charge in [-0.25, -0.2) is 4.98 Å². The van der Waals surface area contributed by atoms with E-state index in [1.165, 1.54) is 12.3 Å². The smallest absolute Gasteiger partial charge is 0.254 e. The monoisotopic (exact) mass is 308 g/mol. The quantitative estimate of drug-likeness (QED) is 0.759. The molecule has 0 radical (unpaired) electrons. The van der Waals surface area contributed by atoms with E-state index in [1.54, 1.807) is 16.3 Å². The Kier molecular flexibility index (Phi) is 4.30. The average molecular weight is 308 g/mol. The van der Waals surface area contributed by atoms with Crippen molar-refractivity contribution in [2.24, 2.45) is 0 Å². The van der Waals surface area contributed by atoms with E-state index in [0.29, 0.717) is 6.42 Å². The van der Waals surface area contributed by atoms with E-state index in [-0.39, 0.29) is 17.5 Å². The van der Waals surface area contributed by atoms with Gasteiger partial charge in [0.2, 0.25) is 5.91 Å². The van der Waals surface area contributed by atoms with Crippen molar-refractivity contribution >= 4 is 17.7 Å². The van der Waals surface area contributed by atoms with Crippen molar-refractivity contribution in [2.45, 2.75) is 24.5 Å². The Bertz CT molecular complexity index is 581. The predicted molar refractivity (Wildman–Crippen MR) is 81.6 cm³/mol. The number of piperazine rings is 1. The Balaban J connectivity index is 1.64. The van der Waals surface area contributed by atoms with Crippen LogP contribution in [0.2, 0.25) is 0 Å². The second kappa shape index (κ2) is 6.19. The highest BCUT2D eigenvalue weighted by Crippen LogP contribution is 2.31. The molecule has 7 heteroatoms. The van der Waals surface area contributed by atoms with Crippen LogP contribution >= 0.6 is 11.8 Å². The highest BCUT2D eigenvalue weighted by atomic mass is 32.2. The zero-order chi connectivity index (χ0) is 14.8. The Morgan fingerprint density at radius 1 is 1.38 bits per heavy atom. The molecule has 114 valence electrons. The van der Waals surface area contributed by atoms with Crippen molar-refractivity contribution in [3.8, 4) is 0 Å². The summed E-state index contributed by atoms with van der Waals surface area (Å²) in [6, 6.07) is 1.41. The van der Waals surface area contributed by atoms with E-state index in [4.69, 9.17) is 0 Å². The zero-order valence-corrected chi connectivity index (χ0v) is 13.0. The van der Waals surface area contributed by atoms with Crippen molar-refractivity contribution < 1.29 is 4.79 Å². The van der Waals surface area contributed by atoms with Gasteiger partial charge in [0.05, 0.1) is 6.04 Å². The summed E-state index contributed by atoms with van der Waals surface area (Å²) in [5.74, 6) is 0.910. The lowest BCUT2D eigenvalue weighted by atomic mass is 10.2. The van der Waals surface area contributed by atoms with Gasteiger partial charge in [-0.2, -0.15) is 0 Å². The molecule has 0 saturated carbocycles. The van der Waals surface area contributed by atoms with Gasteiger partial charge in [0.15, 0.2) is 5.16 Å². The van der Waals surface area contributed by atoms with Crippen LogP contribution in [-0.4, -0.2) is 63.7 Å². The SMILES string of the molecule is CCN1CCN(C(=O)CC2CSc3nccc(=O)n32)CC1. The first kappa shape index (κ1) is 14.6. The number of nitrogens with zero attached hydrogens (tertiary/aromatic N) is 4. The lowest BCUT2D eigenvalue weighted by Crippen LogP contribution is -2.49. The maximum Gasteiger partial charge on any atom is 0.254 e. The first-order valence-electron chi connectivity index (χ1n) is 7.39. The molecule has 3 rings (SSSR count). The Morgan fingerprint density at radius 2 is 2.14 bits per heavy atom. The summed E-state index contributed by atoms with van der Waals surface area (Å²) < 4.78 is 1.67. The van der Waals surface area contributed by atoms with Crippen molar-refractivity contribution in [2.75, 3.05) is 38.5 Å². The number of fused-ring (bicyclic) bond motifs is 1. The van der Waals surface area contributed by atoms with Crippen LogP contribution in [0.5, 0.6) is 0 Å². The summed E-state index contributed by atoms with van der Waals surface area (Å²) >= 11 is 1.56. The molecule has 0 aliphatic carbocycles. The fraction of sp³-hybridized carbons (Fsp3) is 0.643. The van der Waals surface area contributed by atoms with Gasteiger partial charge in [0.25, 0.3) is 5.56 Å². The van der Waals surface area contributed by atoms with Gasteiger partial charge in [-0.15, -0.1) is 0 Å². The third-order valence-electron chi connectivity index (χ3n) is 4.20. The van der Waals surface area contributed by atoms with Crippen LogP contribution in [0.3, 0.4) is 0 Å². The molecule has 6 nitrogen and oxygen atoms in total. The van der Waals surface area contributed by atoms with Crippen LogP contribution in [0, 0.1) is 0 Å². The Hall–Kier alpha value is -1.34. The number of hydrogen-bond donors (Lipinski definition) is 0. The number of hydrogen-bond acceptors (Lipinski definition) is 5. The van der Waals surface area contributed by atoms with E-state index in [1.807, 2.05) is 4.90 Å². The van der Waals surface area contributed by atoms with Crippen LogP contribution in [0.1, 0.15) is 19.4 Å². The summed E-state index contributed by atoms with van der Waals surface area (Å²) in [5, 5.41) is 0.733. The molecule has 0 aromatic carbocycles. The lowest BCUT2D eigenvalue weighted by molar-refractivity contribution is -0.133.